The summed E-state index contributed by atoms with van der Waals surface area (Å²) in [6.45, 7) is 5.87. The molecule has 0 spiro atoms. The molecule has 0 unspecified atom stereocenters. The van der Waals surface area contributed by atoms with Gasteiger partial charge in [0.2, 0.25) is 0 Å². The molecule has 12 nitrogen and oxygen atoms in total. The minimum atomic E-state index is -0.776. The van der Waals surface area contributed by atoms with Gasteiger partial charge in [0.25, 0.3) is 5.91 Å². The van der Waals surface area contributed by atoms with Crippen molar-refractivity contribution in [1.29, 1.82) is 0 Å². The van der Waals surface area contributed by atoms with E-state index in [1.807, 2.05) is 37.3 Å². The highest BCUT2D eigenvalue weighted by Crippen LogP contribution is 2.36. The Labute approximate surface area is 294 Å². The zero-order valence-corrected chi connectivity index (χ0v) is 29.9. The van der Waals surface area contributed by atoms with E-state index in [1.165, 1.54) is 13.3 Å². The third-order valence-electron chi connectivity index (χ3n) is 6.68. The summed E-state index contributed by atoms with van der Waals surface area (Å²) in [6.07, 6.45) is 1.50. The van der Waals surface area contributed by atoms with Crippen molar-refractivity contribution in [3.8, 4) is 23.0 Å². The first-order chi connectivity index (χ1) is 22.6. The second kappa shape index (κ2) is 17.0. The number of nitrogens with one attached hydrogen (secondary N) is 3. The number of carbonyl (C=O) groups excluding carboxylic acids is 3. The van der Waals surface area contributed by atoms with E-state index in [0.717, 1.165) is 13.6 Å². The van der Waals surface area contributed by atoms with Crippen LogP contribution in [0, 0.1) is 3.57 Å². The maximum Gasteiger partial charge on any atom is 0.338 e. The molecule has 0 aromatic heterocycles. The van der Waals surface area contributed by atoms with Crippen LogP contribution in [0.15, 0.2) is 75.4 Å². The molecule has 3 aromatic rings. The van der Waals surface area contributed by atoms with Crippen molar-refractivity contribution >= 4 is 62.6 Å². The van der Waals surface area contributed by atoms with Crippen LogP contribution >= 0.6 is 38.5 Å². The summed E-state index contributed by atoms with van der Waals surface area (Å²) >= 11 is 5.61. The van der Waals surface area contributed by atoms with Crippen molar-refractivity contribution in [3.63, 3.8) is 0 Å². The van der Waals surface area contributed by atoms with Gasteiger partial charge < -0.3 is 34.3 Å². The Balaban J connectivity index is 1.38. The Morgan fingerprint density at radius 1 is 1.00 bits per heavy atom. The maximum atomic E-state index is 12.6. The van der Waals surface area contributed by atoms with E-state index < -0.39 is 23.9 Å². The average molecular weight is 821 g/mol. The molecule has 3 amide bonds. The number of halogens is 2. The fourth-order valence-corrected chi connectivity index (χ4v) is 5.61. The number of amides is 3. The molecule has 1 aliphatic heterocycles. The van der Waals surface area contributed by atoms with Crippen LogP contribution in [0.4, 0.5) is 4.79 Å². The number of allylic oxidation sites excluding steroid dienone is 1. The Bertz CT molecular complexity index is 1680. The number of hydrazone groups is 1. The molecule has 0 radical (unpaired) electrons. The van der Waals surface area contributed by atoms with Gasteiger partial charge in [0.05, 0.1) is 41.7 Å². The van der Waals surface area contributed by atoms with Crippen LogP contribution in [-0.2, 0) is 20.9 Å². The normalized spacial score (nSPS) is 14.3. The lowest BCUT2D eigenvalue weighted by molar-refractivity contribution is -0.139. The molecular formula is C33H34BrIN4O8. The lowest BCUT2D eigenvalue weighted by Crippen LogP contribution is -2.45. The number of hydrogen-bond acceptors (Lipinski definition) is 9. The van der Waals surface area contributed by atoms with Gasteiger partial charge in [-0.05, 0) is 96.5 Å². The van der Waals surface area contributed by atoms with Gasteiger partial charge in [-0.15, -0.1) is 0 Å². The first-order valence-corrected chi connectivity index (χ1v) is 16.4. The van der Waals surface area contributed by atoms with E-state index in [2.05, 4.69) is 59.7 Å². The van der Waals surface area contributed by atoms with E-state index in [0.29, 0.717) is 47.3 Å². The molecule has 1 atom stereocenters. The molecule has 0 aliphatic carbocycles. The number of esters is 1. The molecule has 47 heavy (non-hydrogen) atoms. The van der Waals surface area contributed by atoms with Crippen molar-refractivity contribution in [1.82, 2.24) is 16.1 Å². The Hall–Kier alpha value is -4.31. The highest BCUT2D eigenvalue weighted by molar-refractivity contribution is 14.1. The molecule has 0 fully saturated rings. The van der Waals surface area contributed by atoms with Crippen LogP contribution in [0.25, 0.3) is 0 Å². The van der Waals surface area contributed by atoms with Crippen LogP contribution in [0.2, 0.25) is 0 Å². The van der Waals surface area contributed by atoms with E-state index in [-0.39, 0.29) is 24.5 Å². The van der Waals surface area contributed by atoms with Crippen molar-refractivity contribution < 1.29 is 38.1 Å². The number of ether oxygens (including phenoxy) is 5. The fraction of sp³-hybridized carbons (Fsp3) is 0.273. The van der Waals surface area contributed by atoms with E-state index in [1.54, 1.807) is 38.1 Å². The highest BCUT2D eigenvalue weighted by atomic mass is 127. The molecule has 14 heteroatoms. The molecule has 0 saturated heterocycles. The predicted octanol–water partition coefficient (Wildman–Crippen LogP) is 5.76. The Morgan fingerprint density at radius 3 is 2.47 bits per heavy atom. The van der Waals surface area contributed by atoms with E-state index in [9.17, 15) is 14.4 Å². The number of nitrogens with zero attached hydrogens (tertiary/aromatic N) is 1. The third kappa shape index (κ3) is 9.60. The molecule has 4 rings (SSSR count). The summed E-state index contributed by atoms with van der Waals surface area (Å²) in [4.78, 5) is 37.4. The first-order valence-electron chi connectivity index (χ1n) is 14.5. The van der Waals surface area contributed by atoms with Crippen molar-refractivity contribution in [2.45, 2.75) is 33.4 Å². The van der Waals surface area contributed by atoms with Crippen LogP contribution in [0.3, 0.4) is 0 Å². The monoisotopic (exact) mass is 820 g/mol. The van der Waals surface area contributed by atoms with Crippen LogP contribution < -0.4 is 35.0 Å². The van der Waals surface area contributed by atoms with Gasteiger partial charge in [0.15, 0.2) is 29.6 Å². The standard InChI is InChI=1S/C33H34BrIN4O8/c1-5-44-27-14-21(13-24(35)31(27)47-17-20-7-10-23(34)11-8-20)16-36-39-28(40)18-46-25-12-9-22(15-26(25)43-4)30-29(32(41)45-6-2)19(3)37-33(42)38-30/h7-16,30H,5-6,17-18H2,1-4H3,(H,39,40)(H2,37,38,42)/b36-16-/t30-/m1/s1. The van der Waals surface area contributed by atoms with Crippen LogP contribution in [-0.4, -0.2) is 51.1 Å². The van der Waals surface area contributed by atoms with Gasteiger partial charge in [-0.1, -0.05) is 34.1 Å². The molecule has 248 valence electrons. The average Bonchev–Trinajstić information content (AvgIpc) is 3.04. The number of rotatable bonds is 14. The van der Waals surface area contributed by atoms with Crippen LogP contribution in [0.1, 0.15) is 43.5 Å². The summed E-state index contributed by atoms with van der Waals surface area (Å²) in [5.41, 5.74) is 5.38. The summed E-state index contributed by atoms with van der Waals surface area (Å²) in [7, 11) is 1.44. The van der Waals surface area contributed by atoms with Crippen molar-refractivity contribution in [2.75, 3.05) is 26.9 Å². The number of benzene rings is 3. The maximum absolute atomic E-state index is 12.6. The summed E-state index contributed by atoms with van der Waals surface area (Å²) in [5, 5.41) is 9.40. The lowest BCUT2D eigenvalue weighted by atomic mass is 9.95. The zero-order valence-electron chi connectivity index (χ0n) is 26.1. The highest BCUT2D eigenvalue weighted by Gasteiger charge is 2.32. The fourth-order valence-electron chi connectivity index (χ4n) is 4.56. The number of urea groups is 1. The molecule has 0 saturated carbocycles. The first kappa shape index (κ1) is 35.5. The third-order valence-corrected chi connectivity index (χ3v) is 8.01. The van der Waals surface area contributed by atoms with Gasteiger partial charge >= 0.3 is 12.0 Å². The van der Waals surface area contributed by atoms with Crippen molar-refractivity contribution in [3.05, 3.63) is 90.6 Å². The number of carbonyl (C=O) groups is 3. The topological polar surface area (TPSA) is 146 Å². The minimum Gasteiger partial charge on any atom is -0.493 e. The summed E-state index contributed by atoms with van der Waals surface area (Å²) in [5.74, 6) is 0.707. The minimum absolute atomic E-state index is 0.182. The van der Waals surface area contributed by atoms with Gasteiger partial charge in [-0.3, -0.25) is 4.79 Å². The molecule has 3 N–H and O–H groups in total. The zero-order chi connectivity index (χ0) is 33.9. The van der Waals surface area contributed by atoms with Gasteiger partial charge in [0, 0.05) is 10.2 Å². The second-order valence-electron chi connectivity index (χ2n) is 9.96. The van der Waals surface area contributed by atoms with Crippen molar-refractivity contribution in [2.24, 2.45) is 5.10 Å². The molecular weight excluding hydrogens is 787 g/mol. The molecule has 1 aliphatic rings. The Kier molecular flexibility index (Phi) is 12.9. The second-order valence-corrected chi connectivity index (χ2v) is 12.0. The predicted molar refractivity (Wildman–Crippen MR) is 187 cm³/mol. The quantitative estimate of drug-likeness (QED) is 0.0807. The van der Waals surface area contributed by atoms with E-state index >= 15 is 0 Å². The number of methoxy groups -OCH3 is 1. The van der Waals surface area contributed by atoms with Crippen LogP contribution in [0.5, 0.6) is 23.0 Å². The summed E-state index contributed by atoms with van der Waals surface area (Å²) < 4.78 is 30.1. The van der Waals surface area contributed by atoms with Gasteiger partial charge in [-0.2, -0.15) is 5.10 Å². The molecule has 1 heterocycles. The number of hydrogen-bond donors (Lipinski definition) is 3. The molecule has 3 aromatic carbocycles. The van der Waals surface area contributed by atoms with Gasteiger partial charge in [0.1, 0.15) is 6.61 Å². The largest absolute Gasteiger partial charge is 0.493 e. The molecule has 0 bridgehead atoms. The smallest absolute Gasteiger partial charge is 0.338 e. The Morgan fingerprint density at radius 2 is 1.77 bits per heavy atom. The summed E-state index contributed by atoms with van der Waals surface area (Å²) in [6, 6.07) is 15.2. The van der Waals surface area contributed by atoms with E-state index in [4.69, 9.17) is 23.7 Å². The lowest BCUT2D eigenvalue weighted by Gasteiger charge is -2.28. The van der Waals surface area contributed by atoms with Gasteiger partial charge in [-0.25, -0.2) is 15.0 Å². The SMILES string of the molecule is CCOC(=O)C1=C(C)NC(=O)N[C@@H]1c1ccc(OCC(=O)N/N=C\c2cc(I)c(OCc3ccc(Br)cc3)c(OCC)c2)c(OC)c1.